The largest absolute Gasteiger partial charge is 0.127 e. The van der Waals surface area contributed by atoms with Gasteiger partial charge in [-0.05, 0) is 18.6 Å². The fourth-order valence-electron chi connectivity index (χ4n) is 0.589. The molecule has 0 aliphatic rings. The quantitative estimate of drug-likeness (QED) is 0.641. The molecule has 1 aromatic heterocycles. The molecule has 0 unspecified atom stereocenters. The van der Waals surface area contributed by atoms with Gasteiger partial charge in [0.2, 0.25) is 0 Å². The van der Waals surface area contributed by atoms with Gasteiger partial charge < -0.3 is 0 Å². The van der Waals surface area contributed by atoms with Crippen molar-refractivity contribution in [3.8, 4) is 0 Å². The fraction of sp³-hybridized carbons (Fsp3) is 0.333. The Hall–Kier alpha value is 0.470. The molecule has 0 radical (unpaired) electrons. The van der Waals surface area contributed by atoms with Crippen molar-refractivity contribution < 1.29 is 0 Å². The van der Waals surface area contributed by atoms with E-state index in [1.165, 1.54) is 10.4 Å². The Morgan fingerprint density at radius 3 is 2.67 bits per heavy atom. The summed E-state index contributed by atoms with van der Waals surface area (Å²) in [6.07, 6.45) is 0. The first kappa shape index (κ1) is 7.58. The van der Waals surface area contributed by atoms with E-state index in [4.69, 9.17) is 11.6 Å². The number of hydrogen-bond acceptors (Lipinski definition) is 1. The minimum atomic E-state index is 0.907. The molecule has 0 nitrogen and oxygen atoms in total. The highest BCUT2D eigenvalue weighted by Gasteiger charge is 1.99. The lowest BCUT2D eigenvalue weighted by atomic mass is 10.4. The summed E-state index contributed by atoms with van der Waals surface area (Å²) in [6.45, 7) is 2.02. The molecule has 0 amide bonds. The lowest BCUT2D eigenvalue weighted by Gasteiger charge is -1.78. The standard InChI is InChI=1S/C6H6BrClS/c1-4-2-5(3-7)9-6(4)8/h2H,3H2,1H3. The average molecular weight is 226 g/mol. The van der Waals surface area contributed by atoms with Gasteiger partial charge in [-0.3, -0.25) is 0 Å². The summed E-state index contributed by atoms with van der Waals surface area (Å²) < 4.78 is 0.907. The summed E-state index contributed by atoms with van der Waals surface area (Å²) in [5.74, 6) is 0. The molecule has 0 bridgehead atoms. The molecule has 0 aliphatic heterocycles. The summed E-state index contributed by atoms with van der Waals surface area (Å²) in [5.41, 5.74) is 1.18. The molecule has 1 heterocycles. The van der Waals surface area contributed by atoms with Gasteiger partial charge in [0.05, 0.1) is 4.34 Å². The SMILES string of the molecule is Cc1cc(CBr)sc1Cl. The highest BCUT2D eigenvalue weighted by atomic mass is 79.9. The first-order valence-electron chi connectivity index (χ1n) is 2.55. The van der Waals surface area contributed by atoms with Crippen LogP contribution in [0.2, 0.25) is 4.34 Å². The molecule has 0 saturated heterocycles. The van der Waals surface area contributed by atoms with E-state index in [0.29, 0.717) is 0 Å². The maximum atomic E-state index is 5.81. The Bertz CT molecular complexity index is 187. The number of rotatable bonds is 1. The number of thiophene rings is 1. The third-order valence-corrected chi connectivity index (χ3v) is 3.57. The predicted octanol–water partition coefficient (Wildman–Crippen LogP) is 3.60. The molecule has 0 saturated carbocycles. The van der Waals surface area contributed by atoms with Crippen molar-refractivity contribution in [2.45, 2.75) is 12.3 Å². The smallest absolute Gasteiger partial charge is 0.0960 e. The lowest BCUT2D eigenvalue weighted by molar-refractivity contribution is 1.49. The van der Waals surface area contributed by atoms with Gasteiger partial charge in [0.1, 0.15) is 0 Å². The van der Waals surface area contributed by atoms with Crippen LogP contribution in [0, 0.1) is 6.92 Å². The van der Waals surface area contributed by atoms with Crippen LogP contribution in [0.5, 0.6) is 0 Å². The van der Waals surface area contributed by atoms with E-state index < -0.39 is 0 Å². The van der Waals surface area contributed by atoms with Crippen LogP contribution in [0.3, 0.4) is 0 Å². The Labute approximate surface area is 72.0 Å². The zero-order chi connectivity index (χ0) is 6.85. The Morgan fingerprint density at radius 2 is 2.44 bits per heavy atom. The summed E-state index contributed by atoms with van der Waals surface area (Å²) in [5, 5.41) is 0.908. The topological polar surface area (TPSA) is 0 Å². The molecule has 9 heavy (non-hydrogen) atoms. The van der Waals surface area contributed by atoms with E-state index in [2.05, 4.69) is 22.0 Å². The van der Waals surface area contributed by atoms with Crippen LogP contribution in [0.25, 0.3) is 0 Å². The number of halogens is 2. The number of aryl methyl sites for hydroxylation is 1. The van der Waals surface area contributed by atoms with E-state index in [1.807, 2.05) is 6.92 Å². The molecular formula is C6H6BrClS. The summed E-state index contributed by atoms with van der Waals surface area (Å²) in [6, 6.07) is 2.10. The summed E-state index contributed by atoms with van der Waals surface area (Å²) in [4.78, 5) is 1.29. The molecule has 0 atom stereocenters. The van der Waals surface area contributed by atoms with Crippen molar-refractivity contribution in [3.05, 3.63) is 20.8 Å². The van der Waals surface area contributed by atoms with Gasteiger partial charge in [0, 0.05) is 10.2 Å². The van der Waals surface area contributed by atoms with E-state index in [9.17, 15) is 0 Å². The molecule has 0 fully saturated rings. The average Bonchev–Trinajstić information content (AvgIpc) is 2.13. The normalized spacial score (nSPS) is 10.1. The molecule has 0 N–H and O–H groups in total. The van der Waals surface area contributed by atoms with E-state index in [0.717, 1.165) is 9.67 Å². The highest BCUT2D eigenvalue weighted by Crippen LogP contribution is 2.27. The molecular weight excluding hydrogens is 219 g/mol. The molecule has 1 aromatic rings. The minimum Gasteiger partial charge on any atom is -0.127 e. The number of alkyl halides is 1. The van der Waals surface area contributed by atoms with Gasteiger partial charge in [-0.2, -0.15) is 0 Å². The second-order valence-electron chi connectivity index (χ2n) is 1.80. The Kier molecular flexibility index (Phi) is 2.56. The van der Waals surface area contributed by atoms with Gasteiger partial charge in [0.25, 0.3) is 0 Å². The Balaban J connectivity index is 2.98. The first-order chi connectivity index (χ1) is 4.24. The monoisotopic (exact) mass is 224 g/mol. The van der Waals surface area contributed by atoms with Crippen molar-refractivity contribution in [3.63, 3.8) is 0 Å². The van der Waals surface area contributed by atoms with Crippen LogP contribution in [-0.2, 0) is 5.33 Å². The van der Waals surface area contributed by atoms with Crippen molar-refractivity contribution >= 4 is 38.9 Å². The second-order valence-corrected chi connectivity index (χ2v) is 4.10. The minimum absolute atomic E-state index is 0.907. The molecule has 0 spiro atoms. The lowest BCUT2D eigenvalue weighted by Crippen LogP contribution is -1.61. The maximum absolute atomic E-state index is 5.81. The second kappa shape index (κ2) is 3.04. The van der Waals surface area contributed by atoms with Gasteiger partial charge >= 0.3 is 0 Å². The zero-order valence-corrected chi connectivity index (χ0v) is 8.11. The third-order valence-electron chi connectivity index (χ3n) is 1.04. The first-order valence-corrected chi connectivity index (χ1v) is 4.86. The van der Waals surface area contributed by atoms with E-state index in [-0.39, 0.29) is 0 Å². The predicted molar refractivity (Wildman–Crippen MR) is 46.7 cm³/mol. The van der Waals surface area contributed by atoms with Crippen molar-refractivity contribution in [1.29, 1.82) is 0 Å². The van der Waals surface area contributed by atoms with Crippen LogP contribution in [0.4, 0.5) is 0 Å². The van der Waals surface area contributed by atoms with Crippen LogP contribution in [0.1, 0.15) is 10.4 Å². The van der Waals surface area contributed by atoms with Crippen LogP contribution < -0.4 is 0 Å². The number of hydrogen-bond donors (Lipinski definition) is 0. The van der Waals surface area contributed by atoms with Gasteiger partial charge in [-0.15, -0.1) is 11.3 Å². The van der Waals surface area contributed by atoms with E-state index in [1.54, 1.807) is 11.3 Å². The van der Waals surface area contributed by atoms with Gasteiger partial charge in [-0.1, -0.05) is 27.5 Å². The van der Waals surface area contributed by atoms with Crippen LogP contribution in [0.15, 0.2) is 6.07 Å². The van der Waals surface area contributed by atoms with Gasteiger partial charge in [0.15, 0.2) is 0 Å². The van der Waals surface area contributed by atoms with Crippen LogP contribution >= 0.6 is 38.9 Å². The highest BCUT2D eigenvalue weighted by molar-refractivity contribution is 9.08. The molecule has 50 valence electrons. The Morgan fingerprint density at radius 1 is 1.78 bits per heavy atom. The molecule has 3 heteroatoms. The molecule has 0 aliphatic carbocycles. The van der Waals surface area contributed by atoms with Crippen molar-refractivity contribution in [2.75, 3.05) is 0 Å². The molecule has 0 aromatic carbocycles. The van der Waals surface area contributed by atoms with Crippen LogP contribution in [-0.4, -0.2) is 0 Å². The van der Waals surface area contributed by atoms with Gasteiger partial charge in [-0.25, -0.2) is 0 Å². The zero-order valence-electron chi connectivity index (χ0n) is 4.95. The molecule has 1 rings (SSSR count). The summed E-state index contributed by atoms with van der Waals surface area (Å²) >= 11 is 10.8. The summed E-state index contributed by atoms with van der Waals surface area (Å²) in [7, 11) is 0. The van der Waals surface area contributed by atoms with Crippen molar-refractivity contribution in [1.82, 2.24) is 0 Å². The fourth-order valence-corrected chi connectivity index (χ4v) is 2.19. The maximum Gasteiger partial charge on any atom is 0.0960 e. The third kappa shape index (κ3) is 1.69. The van der Waals surface area contributed by atoms with E-state index >= 15 is 0 Å². The van der Waals surface area contributed by atoms with Crippen molar-refractivity contribution in [2.24, 2.45) is 0 Å².